The van der Waals surface area contributed by atoms with Crippen LogP contribution in [0.25, 0.3) is 11.1 Å². The van der Waals surface area contributed by atoms with Crippen LogP contribution in [-0.4, -0.2) is 23.1 Å². The second kappa shape index (κ2) is 7.62. The second-order valence-corrected chi connectivity index (χ2v) is 7.18. The van der Waals surface area contributed by atoms with E-state index < -0.39 is 12.1 Å². The van der Waals surface area contributed by atoms with Crippen LogP contribution in [0.1, 0.15) is 24.3 Å². The van der Waals surface area contributed by atoms with Gasteiger partial charge in [-0.05, 0) is 41.8 Å². The van der Waals surface area contributed by atoms with Gasteiger partial charge in [0.1, 0.15) is 6.23 Å². The maximum Gasteiger partial charge on any atom is 0.234 e. The third kappa shape index (κ3) is 3.46. The Balaban J connectivity index is 1.63. The molecule has 0 aromatic heterocycles. The topological polar surface area (TPSA) is 69.6 Å². The lowest BCUT2D eigenvalue weighted by Gasteiger charge is -2.26. The van der Waals surface area contributed by atoms with Crippen molar-refractivity contribution in [3.63, 3.8) is 0 Å². The number of carbonyl (C=O) groups is 2. The largest absolute Gasteiger partial charge is 0.370 e. The number of amides is 2. The Morgan fingerprint density at radius 1 is 1.07 bits per heavy atom. The predicted octanol–water partition coefficient (Wildman–Crippen LogP) is 3.74. The Morgan fingerprint density at radius 3 is 2.57 bits per heavy atom. The Hall–Kier alpha value is -2.89. The fourth-order valence-corrected chi connectivity index (χ4v) is 3.94. The van der Waals surface area contributed by atoms with Crippen LogP contribution in [0.15, 0.2) is 66.9 Å². The summed E-state index contributed by atoms with van der Waals surface area (Å²) in [4.78, 5) is 25.4. The zero-order chi connectivity index (χ0) is 19.7. The van der Waals surface area contributed by atoms with Crippen molar-refractivity contribution in [2.75, 3.05) is 4.90 Å². The Kier molecular flexibility index (Phi) is 5.03. The van der Waals surface area contributed by atoms with Gasteiger partial charge < -0.3 is 10.0 Å². The van der Waals surface area contributed by atoms with E-state index in [1.165, 1.54) is 0 Å². The van der Waals surface area contributed by atoms with Crippen LogP contribution >= 0.6 is 11.6 Å². The van der Waals surface area contributed by atoms with Crippen LogP contribution in [0.4, 0.5) is 5.69 Å². The van der Waals surface area contributed by atoms with Gasteiger partial charge in [0.2, 0.25) is 11.8 Å². The zero-order valence-electron chi connectivity index (χ0n) is 15.0. The van der Waals surface area contributed by atoms with Gasteiger partial charge in [-0.1, -0.05) is 48.0 Å². The molecule has 0 radical (unpaired) electrons. The molecule has 2 atom stereocenters. The van der Waals surface area contributed by atoms with Gasteiger partial charge in [0.05, 0.1) is 10.9 Å². The third-order valence-electron chi connectivity index (χ3n) is 5.05. The van der Waals surface area contributed by atoms with E-state index in [9.17, 15) is 14.7 Å². The van der Waals surface area contributed by atoms with E-state index in [-0.39, 0.29) is 11.8 Å². The number of aliphatic hydroxyl groups excluding tert-OH is 1. The van der Waals surface area contributed by atoms with E-state index in [0.717, 1.165) is 22.4 Å². The van der Waals surface area contributed by atoms with E-state index >= 15 is 0 Å². The molecule has 0 aliphatic carbocycles. The van der Waals surface area contributed by atoms with Gasteiger partial charge in [0, 0.05) is 23.9 Å². The summed E-state index contributed by atoms with van der Waals surface area (Å²) in [5, 5.41) is 13.0. The number of benzene rings is 2. The molecule has 5 nitrogen and oxygen atoms in total. The molecule has 1 saturated heterocycles. The highest BCUT2D eigenvalue weighted by atomic mass is 35.5. The summed E-state index contributed by atoms with van der Waals surface area (Å²) in [7, 11) is 0. The van der Waals surface area contributed by atoms with Crippen molar-refractivity contribution in [3.8, 4) is 11.1 Å². The first-order valence-electron chi connectivity index (χ1n) is 9.08. The minimum absolute atomic E-state index is 0.243. The first-order chi connectivity index (χ1) is 13.5. The first-order valence-corrected chi connectivity index (χ1v) is 9.46. The Bertz CT molecular complexity index is 982. The monoisotopic (exact) mass is 394 g/mol. The van der Waals surface area contributed by atoms with Gasteiger partial charge in [-0.3, -0.25) is 14.9 Å². The molecule has 4 rings (SSSR count). The van der Waals surface area contributed by atoms with E-state index in [1.807, 2.05) is 54.7 Å². The summed E-state index contributed by atoms with van der Waals surface area (Å²) in [6.07, 6.45) is 7.25. The van der Waals surface area contributed by atoms with Crippen molar-refractivity contribution >= 4 is 29.1 Å². The second-order valence-electron chi connectivity index (χ2n) is 6.81. The summed E-state index contributed by atoms with van der Waals surface area (Å²) >= 11 is 6.65. The molecule has 2 N–H and O–H groups in total. The van der Waals surface area contributed by atoms with Crippen LogP contribution < -0.4 is 10.2 Å². The predicted molar refractivity (Wildman–Crippen MR) is 109 cm³/mol. The highest BCUT2D eigenvalue weighted by Gasteiger charge is 2.30. The van der Waals surface area contributed by atoms with Crippen molar-refractivity contribution in [1.82, 2.24) is 5.32 Å². The zero-order valence-corrected chi connectivity index (χ0v) is 15.8. The van der Waals surface area contributed by atoms with E-state index in [0.29, 0.717) is 17.9 Å². The lowest BCUT2D eigenvalue weighted by Crippen LogP contribution is -2.39. The quantitative estimate of drug-likeness (QED) is 0.778. The van der Waals surface area contributed by atoms with Gasteiger partial charge in [0.25, 0.3) is 0 Å². The van der Waals surface area contributed by atoms with Crippen molar-refractivity contribution in [2.45, 2.75) is 25.0 Å². The molecule has 142 valence electrons. The van der Waals surface area contributed by atoms with Crippen LogP contribution in [-0.2, 0) is 9.59 Å². The number of hydrogen-bond donors (Lipinski definition) is 2. The number of halogens is 1. The molecule has 2 aromatic rings. The molecule has 2 aromatic carbocycles. The lowest BCUT2D eigenvalue weighted by atomic mass is 9.88. The molecule has 2 aliphatic heterocycles. The smallest absolute Gasteiger partial charge is 0.234 e. The van der Waals surface area contributed by atoms with Crippen LogP contribution in [0, 0.1) is 0 Å². The maximum absolute atomic E-state index is 12.2. The number of anilines is 1. The number of nitrogens with one attached hydrogen (secondary N) is 1. The highest BCUT2D eigenvalue weighted by molar-refractivity contribution is 6.34. The van der Waals surface area contributed by atoms with E-state index in [1.54, 1.807) is 17.1 Å². The lowest BCUT2D eigenvalue weighted by molar-refractivity contribution is -0.134. The first kappa shape index (κ1) is 18.5. The number of imide groups is 1. The minimum Gasteiger partial charge on any atom is -0.370 e. The summed E-state index contributed by atoms with van der Waals surface area (Å²) in [6, 6.07) is 13.3. The number of hydrogen-bond acceptors (Lipinski definition) is 4. The number of aliphatic hydroxyl groups is 1. The average molecular weight is 395 g/mol. The van der Waals surface area contributed by atoms with Crippen LogP contribution in [0.2, 0.25) is 5.02 Å². The molecule has 1 unspecified atom stereocenters. The molecule has 1 fully saturated rings. The van der Waals surface area contributed by atoms with Crippen molar-refractivity contribution < 1.29 is 14.7 Å². The van der Waals surface area contributed by atoms with Gasteiger partial charge in [-0.15, -0.1) is 0 Å². The molecule has 0 bridgehead atoms. The number of piperidine rings is 1. The fourth-order valence-electron chi connectivity index (χ4n) is 3.57. The molecule has 2 amide bonds. The molecule has 6 heteroatoms. The van der Waals surface area contributed by atoms with Crippen molar-refractivity contribution in [1.29, 1.82) is 0 Å². The van der Waals surface area contributed by atoms with Crippen LogP contribution in [0.3, 0.4) is 0 Å². The van der Waals surface area contributed by atoms with Crippen molar-refractivity contribution in [2.24, 2.45) is 0 Å². The standard InChI is InChI=1S/C22H19ClN2O3/c23-21-16(4-3-5-17(21)18-11-12-19(26)24-22(18)28)14-7-9-15(10-8-14)25-13-2-1-6-20(25)27/h1-10,13,18,20,27H,11-12H2,(H,24,26,28)/t18-,20?/m1/s1. The highest BCUT2D eigenvalue weighted by Crippen LogP contribution is 2.37. The third-order valence-corrected chi connectivity index (χ3v) is 5.47. The molecular weight excluding hydrogens is 376 g/mol. The summed E-state index contributed by atoms with van der Waals surface area (Å²) < 4.78 is 0. The number of allylic oxidation sites excluding steroid dienone is 2. The minimum atomic E-state index is -0.699. The number of nitrogens with zero attached hydrogens (tertiary/aromatic N) is 1. The summed E-state index contributed by atoms with van der Waals surface area (Å²) in [5.41, 5.74) is 3.32. The maximum atomic E-state index is 12.2. The van der Waals surface area contributed by atoms with Gasteiger partial charge in [-0.2, -0.15) is 0 Å². The summed E-state index contributed by atoms with van der Waals surface area (Å²) in [6.45, 7) is 0. The fraction of sp³-hybridized carbons (Fsp3) is 0.182. The SMILES string of the molecule is O=C1CC[C@H](c2cccc(-c3ccc(N4C=CC=CC4O)cc3)c2Cl)C(=O)N1. The molecule has 0 spiro atoms. The molecule has 0 saturated carbocycles. The Labute approximate surface area is 167 Å². The molecular formula is C22H19ClN2O3. The van der Waals surface area contributed by atoms with E-state index in [4.69, 9.17) is 11.6 Å². The van der Waals surface area contributed by atoms with Gasteiger partial charge in [-0.25, -0.2) is 0 Å². The summed E-state index contributed by atoms with van der Waals surface area (Å²) in [5.74, 6) is -0.970. The normalized spacial score (nSPS) is 21.7. The molecule has 28 heavy (non-hydrogen) atoms. The average Bonchev–Trinajstić information content (AvgIpc) is 2.69. The van der Waals surface area contributed by atoms with Gasteiger partial charge in [0.15, 0.2) is 0 Å². The van der Waals surface area contributed by atoms with Gasteiger partial charge >= 0.3 is 0 Å². The van der Waals surface area contributed by atoms with Crippen LogP contribution in [0.5, 0.6) is 0 Å². The van der Waals surface area contributed by atoms with Crippen molar-refractivity contribution in [3.05, 3.63) is 77.5 Å². The van der Waals surface area contributed by atoms with E-state index in [2.05, 4.69) is 5.32 Å². The molecule has 2 heterocycles. The Morgan fingerprint density at radius 2 is 1.86 bits per heavy atom. The number of rotatable bonds is 3. The number of carbonyl (C=O) groups excluding carboxylic acids is 2. The molecule has 2 aliphatic rings.